The summed E-state index contributed by atoms with van der Waals surface area (Å²) in [6.45, 7) is 3.42. The molecule has 32 heavy (non-hydrogen) atoms. The lowest BCUT2D eigenvalue weighted by molar-refractivity contribution is 0.102. The Bertz CT molecular complexity index is 1080. The molecule has 170 valence electrons. The predicted octanol–water partition coefficient (Wildman–Crippen LogP) is 4.04. The van der Waals surface area contributed by atoms with Gasteiger partial charge in [0, 0.05) is 48.3 Å². The molecular formula is C24H29N3O4S. The van der Waals surface area contributed by atoms with Crippen LogP contribution in [-0.4, -0.2) is 68.3 Å². The van der Waals surface area contributed by atoms with Gasteiger partial charge in [-0.3, -0.25) is 4.79 Å². The number of hydrogen-bond acceptors (Lipinski definition) is 6. The number of aromatic amines is 1. The fraction of sp³-hybridized carbons (Fsp3) is 0.375. The van der Waals surface area contributed by atoms with Crippen LogP contribution in [0.25, 0.3) is 10.9 Å². The van der Waals surface area contributed by atoms with E-state index < -0.39 is 0 Å². The Morgan fingerprint density at radius 2 is 1.75 bits per heavy atom. The van der Waals surface area contributed by atoms with Gasteiger partial charge in [-0.1, -0.05) is 12.1 Å². The summed E-state index contributed by atoms with van der Waals surface area (Å²) in [5.74, 6) is 3.88. The second-order valence-corrected chi connectivity index (χ2v) is 8.87. The molecule has 1 aliphatic rings. The molecule has 0 bridgehead atoms. The lowest BCUT2D eigenvalue weighted by Gasteiger charge is -2.26. The van der Waals surface area contributed by atoms with Gasteiger partial charge in [0.05, 0.1) is 26.8 Å². The third kappa shape index (κ3) is 4.81. The molecule has 2 heterocycles. The van der Waals surface area contributed by atoms with E-state index in [-0.39, 0.29) is 5.91 Å². The number of carbonyl (C=O) groups excluding carboxylic acids is 1. The molecule has 4 rings (SSSR count). The average Bonchev–Trinajstić information content (AvgIpc) is 3.28. The highest BCUT2D eigenvalue weighted by atomic mass is 32.2. The highest BCUT2D eigenvalue weighted by Gasteiger charge is 2.19. The molecule has 0 spiro atoms. The van der Waals surface area contributed by atoms with E-state index in [1.165, 1.54) is 30.2 Å². The molecule has 7 nitrogen and oxygen atoms in total. The van der Waals surface area contributed by atoms with Crippen LogP contribution in [0.1, 0.15) is 16.1 Å². The summed E-state index contributed by atoms with van der Waals surface area (Å²) in [6, 6.07) is 11.6. The van der Waals surface area contributed by atoms with E-state index in [9.17, 15) is 4.79 Å². The van der Waals surface area contributed by atoms with Crippen LogP contribution in [0.4, 0.5) is 5.69 Å². The average molecular weight is 456 g/mol. The number of hydrogen-bond donors (Lipinski definition) is 2. The van der Waals surface area contributed by atoms with Gasteiger partial charge < -0.3 is 29.4 Å². The molecule has 0 saturated carbocycles. The lowest BCUT2D eigenvalue weighted by atomic mass is 10.1. The zero-order valence-corrected chi connectivity index (χ0v) is 19.5. The standard InChI is InChI=1S/C24H29N3O4S/c1-29-20-15-21(30-2)23(31-3)22-18(20)14-19(26-22)24(28)25-17-6-4-16(5-7-17)8-9-27-10-12-32-13-11-27/h4-7,14-15,26H,8-13H2,1-3H3,(H,25,28). The van der Waals surface area contributed by atoms with Gasteiger partial charge in [0.15, 0.2) is 11.5 Å². The fourth-order valence-corrected chi connectivity index (χ4v) is 4.90. The van der Waals surface area contributed by atoms with Crippen molar-refractivity contribution in [2.75, 3.05) is 57.8 Å². The second kappa shape index (κ2) is 10.2. The van der Waals surface area contributed by atoms with E-state index in [0.717, 1.165) is 24.0 Å². The van der Waals surface area contributed by atoms with Crippen molar-refractivity contribution in [3.05, 3.63) is 47.7 Å². The molecule has 0 aliphatic carbocycles. The van der Waals surface area contributed by atoms with E-state index in [4.69, 9.17) is 14.2 Å². The van der Waals surface area contributed by atoms with Crippen LogP contribution in [0, 0.1) is 0 Å². The first-order valence-corrected chi connectivity index (χ1v) is 11.8. The van der Waals surface area contributed by atoms with Crippen LogP contribution >= 0.6 is 11.8 Å². The molecule has 2 aromatic carbocycles. The Hall–Kier alpha value is -2.84. The molecule has 1 aliphatic heterocycles. The van der Waals surface area contributed by atoms with Crippen molar-refractivity contribution in [3.8, 4) is 17.2 Å². The summed E-state index contributed by atoms with van der Waals surface area (Å²) in [7, 11) is 4.71. The highest BCUT2D eigenvalue weighted by molar-refractivity contribution is 7.99. The van der Waals surface area contributed by atoms with Crippen molar-refractivity contribution in [2.45, 2.75) is 6.42 Å². The van der Waals surface area contributed by atoms with E-state index in [0.29, 0.717) is 28.5 Å². The van der Waals surface area contributed by atoms with Crippen LogP contribution in [0.3, 0.4) is 0 Å². The summed E-state index contributed by atoms with van der Waals surface area (Å²) in [4.78, 5) is 18.6. The first kappa shape index (κ1) is 22.4. The molecule has 8 heteroatoms. The van der Waals surface area contributed by atoms with Crippen molar-refractivity contribution in [3.63, 3.8) is 0 Å². The number of H-pyrrole nitrogens is 1. The largest absolute Gasteiger partial charge is 0.496 e. The van der Waals surface area contributed by atoms with Crippen molar-refractivity contribution < 1.29 is 19.0 Å². The maximum absolute atomic E-state index is 12.9. The SMILES string of the molecule is COc1cc(OC)c2cc(C(=O)Nc3ccc(CCN4CCSCC4)cc3)[nH]c2c1OC. The summed E-state index contributed by atoms with van der Waals surface area (Å²) in [6.07, 6.45) is 1.02. The Morgan fingerprint density at radius 1 is 1.03 bits per heavy atom. The lowest BCUT2D eigenvalue weighted by Crippen LogP contribution is -2.34. The maximum atomic E-state index is 12.9. The highest BCUT2D eigenvalue weighted by Crippen LogP contribution is 2.41. The smallest absolute Gasteiger partial charge is 0.272 e. The number of anilines is 1. The van der Waals surface area contributed by atoms with Crippen molar-refractivity contribution in [1.82, 2.24) is 9.88 Å². The molecule has 1 fully saturated rings. The molecule has 0 unspecified atom stereocenters. The first-order chi connectivity index (χ1) is 15.6. The quantitative estimate of drug-likeness (QED) is 0.534. The second-order valence-electron chi connectivity index (χ2n) is 7.64. The summed E-state index contributed by atoms with van der Waals surface area (Å²) in [5, 5.41) is 3.71. The van der Waals surface area contributed by atoms with E-state index in [1.54, 1.807) is 33.5 Å². The Kier molecular flexibility index (Phi) is 7.12. The van der Waals surface area contributed by atoms with Crippen molar-refractivity contribution in [1.29, 1.82) is 0 Å². The van der Waals surface area contributed by atoms with Gasteiger partial charge in [0.2, 0.25) is 0 Å². The van der Waals surface area contributed by atoms with Crippen LogP contribution in [0.5, 0.6) is 17.2 Å². The number of amides is 1. The van der Waals surface area contributed by atoms with E-state index in [1.807, 2.05) is 23.9 Å². The Labute approximate surface area is 192 Å². The van der Waals surface area contributed by atoms with E-state index in [2.05, 4.69) is 27.3 Å². The van der Waals surface area contributed by atoms with Gasteiger partial charge in [-0.25, -0.2) is 0 Å². The topological polar surface area (TPSA) is 75.8 Å². The number of fused-ring (bicyclic) bond motifs is 1. The summed E-state index contributed by atoms with van der Waals surface area (Å²) < 4.78 is 16.4. The molecule has 0 atom stereocenters. The normalized spacial score (nSPS) is 14.3. The minimum atomic E-state index is -0.233. The molecule has 1 aromatic heterocycles. The first-order valence-electron chi connectivity index (χ1n) is 10.6. The van der Waals surface area contributed by atoms with Crippen LogP contribution in [-0.2, 0) is 6.42 Å². The zero-order chi connectivity index (χ0) is 22.5. The summed E-state index contributed by atoms with van der Waals surface area (Å²) in [5.41, 5.74) is 3.09. The predicted molar refractivity (Wildman–Crippen MR) is 130 cm³/mol. The number of nitrogens with one attached hydrogen (secondary N) is 2. The van der Waals surface area contributed by atoms with Crippen LogP contribution < -0.4 is 19.5 Å². The third-order valence-corrected chi connectivity index (χ3v) is 6.66. The van der Waals surface area contributed by atoms with Crippen molar-refractivity contribution >= 4 is 34.3 Å². The van der Waals surface area contributed by atoms with Gasteiger partial charge in [-0.2, -0.15) is 11.8 Å². The molecule has 1 amide bonds. The van der Waals surface area contributed by atoms with Gasteiger partial charge in [0.25, 0.3) is 5.91 Å². The number of carbonyl (C=O) groups is 1. The molecular weight excluding hydrogens is 426 g/mol. The van der Waals surface area contributed by atoms with Gasteiger partial charge in [0.1, 0.15) is 11.4 Å². The van der Waals surface area contributed by atoms with Crippen LogP contribution in [0.15, 0.2) is 36.4 Å². The van der Waals surface area contributed by atoms with Gasteiger partial charge >= 0.3 is 0 Å². The molecule has 1 saturated heterocycles. The Balaban J connectivity index is 1.46. The molecule has 3 aromatic rings. The van der Waals surface area contributed by atoms with Gasteiger partial charge in [-0.05, 0) is 30.2 Å². The van der Waals surface area contributed by atoms with Gasteiger partial charge in [-0.15, -0.1) is 0 Å². The number of aromatic nitrogens is 1. The number of thioether (sulfide) groups is 1. The number of nitrogens with zero attached hydrogens (tertiary/aromatic N) is 1. The monoisotopic (exact) mass is 455 g/mol. The fourth-order valence-electron chi connectivity index (χ4n) is 3.92. The van der Waals surface area contributed by atoms with Crippen LogP contribution in [0.2, 0.25) is 0 Å². The van der Waals surface area contributed by atoms with E-state index >= 15 is 0 Å². The number of methoxy groups -OCH3 is 3. The Morgan fingerprint density at radius 3 is 2.41 bits per heavy atom. The number of benzene rings is 2. The number of ether oxygens (including phenoxy) is 3. The zero-order valence-electron chi connectivity index (χ0n) is 18.7. The van der Waals surface area contributed by atoms with Crippen molar-refractivity contribution in [2.24, 2.45) is 0 Å². The molecule has 2 N–H and O–H groups in total. The third-order valence-electron chi connectivity index (χ3n) is 5.72. The maximum Gasteiger partial charge on any atom is 0.272 e. The minimum absolute atomic E-state index is 0.233. The summed E-state index contributed by atoms with van der Waals surface area (Å²) >= 11 is 2.03. The minimum Gasteiger partial charge on any atom is -0.496 e. The number of rotatable bonds is 8. The molecule has 0 radical (unpaired) electrons.